The zero-order chi connectivity index (χ0) is 26.0. The monoisotopic (exact) mass is 524 g/mol. The molecule has 184 valence electrons. The van der Waals surface area contributed by atoms with E-state index in [0.29, 0.717) is 16.9 Å². The van der Waals surface area contributed by atoms with Crippen LogP contribution in [-0.2, 0) is 26.2 Å². The fourth-order valence-corrected chi connectivity index (χ4v) is 4.27. The van der Waals surface area contributed by atoms with Crippen molar-refractivity contribution in [3.05, 3.63) is 100 Å². The summed E-state index contributed by atoms with van der Waals surface area (Å²) < 4.78 is 22.8. The lowest BCUT2D eigenvalue weighted by molar-refractivity contribution is -0.138. The van der Waals surface area contributed by atoms with Gasteiger partial charge in [0.05, 0.1) is 11.4 Å². The third-order valence-electron chi connectivity index (χ3n) is 5.50. The number of nitrogens with zero attached hydrogens (tertiary/aromatic N) is 1. The number of primary sulfonamides is 1. The molecule has 0 saturated heterocycles. The summed E-state index contributed by atoms with van der Waals surface area (Å²) in [5.41, 5.74) is 2.45. The summed E-state index contributed by atoms with van der Waals surface area (Å²) in [5.74, 6) is -1.65. The predicted octanol–water partition coefficient (Wildman–Crippen LogP) is 3.33. The van der Waals surface area contributed by atoms with Crippen LogP contribution in [0.1, 0.15) is 21.5 Å². The lowest BCUT2D eigenvalue weighted by Gasteiger charge is -2.16. The molecule has 0 bridgehead atoms. The lowest BCUT2D eigenvalue weighted by Crippen LogP contribution is -2.31. The second-order valence-corrected chi connectivity index (χ2v) is 9.99. The van der Waals surface area contributed by atoms with Gasteiger partial charge in [-0.15, -0.1) is 0 Å². The summed E-state index contributed by atoms with van der Waals surface area (Å²) >= 11 is 6.22. The van der Waals surface area contributed by atoms with Crippen molar-refractivity contribution in [2.45, 2.75) is 18.4 Å². The molecule has 11 heteroatoms. The van der Waals surface area contributed by atoms with E-state index in [-0.39, 0.29) is 27.7 Å². The van der Waals surface area contributed by atoms with Crippen LogP contribution in [0.4, 0.5) is 11.4 Å². The van der Waals surface area contributed by atoms with E-state index in [1.807, 2.05) is 18.2 Å². The molecule has 0 aliphatic carbocycles. The normalized spacial score (nSPS) is 13.8. The fourth-order valence-electron chi connectivity index (χ4n) is 3.53. The highest BCUT2D eigenvalue weighted by molar-refractivity contribution is 7.89. The Balaban J connectivity index is 1.51. The van der Waals surface area contributed by atoms with E-state index < -0.39 is 27.7 Å². The van der Waals surface area contributed by atoms with Crippen LogP contribution in [0.2, 0.25) is 0 Å². The summed E-state index contributed by atoms with van der Waals surface area (Å²) in [6.45, 7) is 1.85. The molecule has 0 spiro atoms. The molecule has 36 heavy (non-hydrogen) atoms. The molecule has 0 radical (unpaired) electrons. The Morgan fingerprint density at radius 2 is 1.64 bits per heavy atom. The van der Waals surface area contributed by atoms with E-state index in [0.717, 1.165) is 10.5 Å². The second-order valence-electron chi connectivity index (χ2n) is 8.05. The largest absolute Gasteiger partial charge is 0.349 e. The van der Waals surface area contributed by atoms with E-state index in [2.05, 4.69) is 10.6 Å². The van der Waals surface area contributed by atoms with Crippen LogP contribution in [0.15, 0.2) is 88.4 Å². The molecule has 0 saturated carbocycles. The van der Waals surface area contributed by atoms with Gasteiger partial charge in [0.2, 0.25) is 10.0 Å². The Kier molecular flexibility index (Phi) is 6.93. The molecule has 3 aromatic rings. The Morgan fingerprint density at radius 3 is 2.28 bits per heavy atom. The van der Waals surface area contributed by atoms with Crippen LogP contribution in [-0.4, -0.2) is 31.0 Å². The summed E-state index contributed by atoms with van der Waals surface area (Å²) in [5, 5.41) is 10.4. The number of hydrogen-bond donors (Lipinski definition) is 3. The van der Waals surface area contributed by atoms with Crippen LogP contribution in [0.3, 0.4) is 0 Å². The van der Waals surface area contributed by atoms with Crippen molar-refractivity contribution in [3.8, 4) is 0 Å². The summed E-state index contributed by atoms with van der Waals surface area (Å²) in [6, 6.07) is 19.2. The van der Waals surface area contributed by atoms with Crippen LogP contribution in [0.25, 0.3) is 0 Å². The molecule has 3 aromatic carbocycles. The van der Waals surface area contributed by atoms with Gasteiger partial charge in [0.1, 0.15) is 10.7 Å². The molecular formula is C25H21ClN4O5S. The first-order valence-corrected chi connectivity index (χ1v) is 12.6. The van der Waals surface area contributed by atoms with Crippen molar-refractivity contribution >= 4 is 50.7 Å². The van der Waals surface area contributed by atoms with Gasteiger partial charge in [0.15, 0.2) is 0 Å². The number of anilines is 2. The smallest absolute Gasteiger partial charge is 0.279 e. The van der Waals surface area contributed by atoms with E-state index in [9.17, 15) is 22.8 Å². The van der Waals surface area contributed by atoms with Crippen molar-refractivity contribution in [1.29, 1.82) is 0 Å². The Morgan fingerprint density at radius 1 is 0.972 bits per heavy atom. The zero-order valence-corrected chi connectivity index (χ0v) is 20.6. The van der Waals surface area contributed by atoms with Crippen molar-refractivity contribution in [3.63, 3.8) is 0 Å². The number of hydrogen-bond acceptors (Lipinski definition) is 6. The Labute approximate surface area is 212 Å². The van der Waals surface area contributed by atoms with Crippen molar-refractivity contribution in [2.75, 3.05) is 10.6 Å². The SMILES string of the molecule is Cc1ccc(C(=O)Nc2ccc(S(N)(=O)=O)cc2)cc1NC1=C(Cl)C(=O)N(Cc2ccccc2)C1=O. The van der Waals surface area contributed by atoms with E-state index in [1.54, 1.807) is 31.2 Å². The second kappa shape index (κ2) is 9.94. The number of sulfonamides is 1. The highest BCUT2D eigenvalue weighted by Gasteiger charge is 2.38. The maximum absolute atomic E-state index is 13.0. The first kappa shape index (κ1) is 25.1. The molecule has 0 fully saturated rings. The van der Waals surface area contributed by atoms with Gasteiger partial charge in [0, 0.05) is 16.9 Å². The molecule has 0 atom stereocenters. The van der Waals surface area contributed by atoms with Gasteiger partial charge in [-0.05, 0) is 54.4 Å². The first-order chi connectivity index (χ1) is 17.0. The number of rotatable bonds is 7. The summed E-state index contributed by atoms with van der Waals surface area (Å²) in [6.07, 6.45) is 0. The minimum Gasteiger partial charge on any atom is -0.349 e. The topological polar surface area (TPSA) is 139 Å². The molecule has 1 aliphatic heterocycles. The molecular weight excluding hydrogens is 504 g/mol. The summed E-state index contributed by atoms with van der Waals surface area (Å²) in [4.78, 5) is 39.4. The van der Waals surface area contributed by atoms with Gasteiger partial charge < -0.3 is 10.6 Å². The number of carbonyl (C=O) groups excluding carboxylic acids is 3. The Bertz CT molecular complexity index is 1500. The van der Waals surface area contributed by atoms with Gasteiger partial charge in [-0.25, -0.2) is 13.6 Å². The molecule has 4 rings (SSSR count). The quantitative estimate of drug-likeness (QED) is 0.405. The molecule has 1 aliphatic rings. The highest BCUT2D eigenvalue weighted by Crippen LogP contribution is 2.29. The predicted molar refractivity (Wildman–Crippen MR) is 135 cm³/mol. The van der Waals surface area contributed by atoms with Crippen LogP contribution < -0.4 is 15.8 Å². The number of benzene rings is 3. The van der Waals surface area contributed by atoms with Crippen molar-refractivity contribution < 1.29 is 22.8 Å². The number of carbonyl (C=O) groups is 3. The molecule has 1 heterocycles. The molecule has 0 unspecified atom stereocenters. The van der Waals surface area contributed by atoms with Crippen LogP contribution >= 0.6 is 11.6 Å². The fraction of sp³-hybridized carbons (Fsp3) is 0.0800. The van der Waals surface area contributed by atoms with Gasteiger partial charge in [0.25, 0.3) is 17.7 Å². The minimum atomic E-state index is -3.85. The molecule has 3 amide bonds. The van der Waals surface area contributed by atoms with Crippen molar-refractivity contribution in [1.82, 2.24) is 4.90 Å². The Hall–Kier alpha value is -3.99. The van der Waals surface area contributed by atoms with E-state index in [4.69, 9.17) is 16.7 Å². The number of nitrogens with one attached hydrogen (secondary N) is 2. The number of aryl methyl sites for hydroxylation is 1. The number of nitrogens with two attached hydrogens (primary N) is 1. The minimum absolute atomic E-state index is 0.0724. The van der Waals surface area contributed by atoms with Crippen LogP contribution in [0.5, 0.6) is 0 Å². The van der Waals surface area contributed by atoms with Gasteiger partial charge in [-0.3, -0.25) is 19.3 Å². The first-order valence-electron chi connectivity index (χ1n) is 10.7. The van der Waals surface area contributed by atoms with E-state index >= 15 is 0 Å². The van der Waals surface area contributed by atoms with Crippen molar-refractivity contribution in [2.24, 2.45) is 5.14 Å². The lowest BCUT2D eigenvalue weighted by atomic mass is 10.1. The van der Waals surface area contributed by atoms with Gasteiger partial charge in [-0.2, -0.15) is 0 Å². The van der Waals surface area contributed by atoms with Gasteiger partial charge >= 0.3 is 0 Å². The summed E-state index contributed by atoms with van der Waals surface area (Å²) in [7, 11) is -3.85. The van der Waals surface area contributed by atoms with E-state index in [1.165, 1.54) is 30.3 Å². The molecule has 9 nitrogen and oxygen atoms in total. The average Bonchev–Trinajstić information content (AvgIpc) is 3.04. The number of imide groups is 1. The molecule has 4 N–H and O–H groups in total. The average molecular weight is 525 g/mol. The van der Waals surface area contributed by atoms with Gasteiger partial charge in [-0.1, -0.05) is 48.0 Å². The third-order valence-corrected chi connectivity index (χ3v) is 6.77. The number of amides is 3. The zero-order valence-electron chi connectivity index (χ0n) is 19.0. The standard InChI is InChI=1S/C25H21ClN4O5S/c1-15-7-8-17(23(31)28-18-9-11-19(12-10-18)36(27,34)35)13-20(15)29-22-21(26)24(32)30(25(22)33)14-16-5-3-2-4-6-16/h2-13,29H,14H2,1H3,(H,28,31)(H2,27,34,35). The van der Waals surface area contributed by atoms with Crippen LogP contribution in [0, 0.1) is 6.92 Å². The number of halogens is 1. The maximum atomic E-state index is 13.0. The highest BCUT2D eigenvalue weighted by atomic mass is 35.5. The third kappa shape index (κ3) is 5.30. The molecule has 0 aromatic heterocycles. The maximum Gasteiger partial charge on any atom is 0.279 e.